The lowest BCUT2D eigenvalue weighted by atomic mass is 10.1. The number of ketones is 1. The van der Waals surface area contributed by atoms with Gasteiger partial charge in [-0.1, -0.05) is 12.1 Å². The van der Waals surface area contributed by atoms with Gasteiger partial charge in [-0.2, -0.15) is 0 Å². The van der Waals surface area contributed by atoms with Crippen LogP contribution in [-0.2, 0) is 4.79 Å². The number of rotatable bonds is 6. The number of hydrogen-bond acceptors (Lipinski definition) is 5. The van der Waals surface area contributed by atoms with Crippen molar-refractivity contribution in [2.24, 2.45) is 0 Å². The van der Waals surface area contributed by atoms with Crippen molar-refractivity contribution in [1.29, 1.82) is 0 Å². The predicted octanol–water partition coefficient (Wildman–Crippen LogP) is 3.05. The third-order valence-corrected chi connectivity index (χ3v) is 5.25. The molecule has 0 radical (unpaired) electrons. The fourth-order valence-corrected chi connectivity index (χ4v) is 3.43. The minimum Gasteiger partial charge on any atom is -0.495 e. The molecule has 0 unspecified atom stereocenters. The lowest BCUT2D eigenvalue weighted by molar-refractivity contribution is -0.120. The monoisotopic (exact) mass is 381 g/mol. The van der Waals surface area contributed by atoms with Gasteiger partial charge in [0.15, 0.2) is 5.78 Å². The molecule has 1 saturated heterocycles. The number of benzene rings is 2. The summed E-state index contributed by atoms with van der Waals surface area (Å²) in [7, 11) is 1.59. The number of ether oxygens (including phenoxy) is 1. The van der Waals surface area contributed by atoms with Crippen LogP contribution in [0.4, 0.5) is 11.4 Å². The van der Waals surface area contributed by atoms with Crippen molar-refractivity contribution < 1.29 is 14.3 Å². The van der Waals surface area contributed by atoms with Crippen molar-refractivity contribution in [3.63, 3.8) is 0 Å². The average molecular weight is 381 g/mol. The molecule has 1 N–H and O–H groups in total. The molecule has 0 aromatic heterocycles. The molecule has 1 aliphatic heterocycles. The van der Waals surface area contributed by atoms with Crippen molar-refractivity contribution in [1.82, 2.24) is 4.90 Å². The van der Waals surface area contributed by atoms with E-state index in [4.69, 9.17) is 4.74 Å². The Morgan fingerprint density at radius 2 is 1.64 bits per heavy atom. The van der Waals surface area contributed by atoms with E-state index in [0.29, 0.717) is 11.4 Å². The first-order valence-electron chi connectivity index (χ1n) is 9.53. The van der Waals surface area contributed by atoms with Crippen molar-refractivity contribution in [2.75, 3.05) is 43.5 Å². The van der Waals surface area contributed by atoms with Crippen LogP contribution in [0, 0.1) is 0 Å². The number of methoxy groups -OCH3 is 1. The first-order valence-corrected chi connectivity index (χ1v) is 9.53. The van der Waals surface area contributed by atoms with Crippen LogP contribution in [0.25, 0.3) is 0 Å². The smallest absolute Gasteiger partial charge is 0.241 e. The highest BCUT2D eigenvalue weighted by molar-refractivity contribution is 5.96. The van der Waals surface area contributed by atoms with Crippen molar-refractivity contribution >= 4 is 23.1 Å². The molecule has 3 rings (SSSR count). The maximum absolute atomic E-state index is 12.7. The van der Waals surface area contributed by atoms with Gasteiger partial charge in [-0.3, -0.25) is 14.5 Å². The van der Waals surface area contributed by atoms with Crippen LogP contribution < -0.4 is 15.0 Å². The third kappa shape index (κ3) is 4.51. The molecule has 6 heteroatoms. The van der Waals surface area contributed by atoms with Crippen molar-refractivity contribution in [3.05, 3.63) is 54.1 Å². The summed E-state index contributed by atoms with van der Waals surface area (Å²) in [5.41, 5.74) is 2.52. The second kappa shape index (κ2) is 8.89. The number of nitrogens with zero attached hydrogens (tertiary/aromatic N) is 2. The summed E-state index contributed by atoms with van der Waals surface area (Å²) in [5, 5.41) is 2.97. The second-order valence-corrected chi connectivity index (χ2v) is 6.99. The SMILES string of the molecule is COc1ccccc1NC(=O)[C@@H](C)N1CCN(c2ccc(C(C)=O)cc2)CC1. The molecule has 2 aromatic rings. The number of hydrogen-bond donors (Lipinski definition) is 1. The zero-order valence-electron chi connectivity index (χ0n) is 16.6. The van der Waals surface area contributed by atoms with Gasteiger partial charge in [0.25, 0.3) is 0 Å². The number of anilines is 2. The number of piperazine rings is 1. The van der Waals surface area contributed by atoms with E-state index in [-0.39, 0.29) is 17.7 Å². The molecular formula is C22H27N3O3. The molecule has 148 valence electrons. The van der Waals surface area contributed by atoms with Crippen molar-refractivity contribution in [2.45, 2.75) is 19.9 Å². The lowest BCUT2D eigenvalue weighted by Crippen LogP contribution is -2.52. The van der Waals surface area contributed by atoms with Gasteiger partial charge in [0.2, 0.25) is 5.91 Å². The molecule has 1 aliphatic rings. The summed E-state index contributed by atoms with van der Waals surface area (Å²) in [5.74, 6) is 0.692. The standard InChI is InChI=1S/C22H27N3O3/c1-16(22(27)23-20-6-4-5-7-21(20)28-3)24-12-14-25(15-13-24)19-10-8-18(9-11-19)17(2)26/h4-11,16H,12-15H2,1-3H3,(H,23,27)/t16-/m1/s1. The Labute approximate surface area is 166 Å². The molecule has 6 nitrogen and oxygen atoms in total. The van der Waals surface area contributed by atoms with E-state index in [9.17, 15) is 9.59 Å². The van der Waals surface area contributed by atoms with Gasteiger partial charge < -0.3 is 15.0 Å². The van der Waals surface area contributed by atoms with Gasteiger partial charge in [0.05, 0.1) is 18.8 Å². The molecule has 1 atom stereocenters. The quantitative estimate of drug-likeness (QED) is 0.780. The van der Waals surface area contributed by atoms with E-state index in [1.165, 1.54) is 0 Å². The molecule has 1 heterocycles. The summed E-state index contributed by atoms with van der Waals surface area (Å²) in [4.78, 5) is 28.6. The molecule has 28 heavy (non-hydrogen) atoms. The topological polar surface area (TPSA) is 61.9 Å². The van der Waals surface area contributed by atoms with E-state index in [1.54, 1.807) is 14.0 Å². The Morgan fingerprint density at radius 1 is 1.00 bits per heavy atom. The summed E-state index contributed by atoms with van der Waals surface area (Å²) >= 11 is 0. The van der Waals surface area contributed by atoms with Gasteiger partial charge >= 0.3 is 0 Å². The minimum absolute atomic E-state index is 0.0382. The number of nitrogens with one attached hydrogen (secondary N) is 1. The highest BCUT2D eigenvalue weighted by Gasteiger charge is 2.26. The van der Waals surface area contributed by atoms with Crippen LogP contribution >= 0.6 is 0 Å². The maximum atomic E-state index is 12.7. The molecule has 0 saturated carbocycles. The summed E-state index contributed by atoms with van der Waals surface area (Å²) < 4.78 is 5.30. The molecule has 1 amide bonds. The largest absolute Gasteiger partial charge is 0.495 e. The van der Waals surface area contributed by atoms with Crippen LogP contribution in [0.2, 0.25) is 0 Å². The Morgan fingerprint density at radius 3 is 2.25 bits per heavy atom. The number of para-hydroxylation sites is 2. The van der Waals surface area contributed by atoms with E-state index >= 15 is 0 Å². The number of amides is 1. The Bertz CT molecular complexity index is 827. The highest BCUT2D eigenvalue weighted by Crippen LogP contribution is 2.24. The normalized spacial score (nSPS) is 15.8. The number of carbonyl (C=O) groups is 2. The van der Waals surface area contributed by atoms with E-state index < -0.39 is 0 Å². The van der Waals surface area contributed by atoms with Crippen LogP contribution in [0.15, 0.2) is 48.5 Å². The number of Topliss-reactive ketones (excluding diaryl/α,β-unsaturated/α-hetero) is 1. The lowest BCUT2D eigenvalue weighted by Gasteiger charge is -2.38. The van der Waals surface area contributed by atoms with Crippen LogP contribution in [-0.4, -0.2) is 55.9 Å². The Balaban J connectivity index is 1.56. The summed E-state index contributed by atoms with van der Waals surface area (Å²) in [6.45, 7) is 6.79. The van der Waals surface area contributed by atoms with Gasteiger partial charge in [-0.05, 0) is 50.2 Å². The fourth-order valence-electron chi connectivity index (χ4n) is 3.43. The third-order valence-electron chi connectivity index (χ3n) is 5.25. The predicted molar refractivity (Wildman–Crippen MR) is 111 cm³/mol. The van der Waals surface area contributed by atoms with Gasteiger partial charge in [0, 0.05) is 37.4 Å². The zero-order valence-corrected chi connectivity index (χ0v) is 16.6. The highest BCUT2D eigenvalue weighted by atomic mass is 16.5. The summed E-state index contributed by atoms with van der Waals surface area (Å²) in [6.07, 6.45) is 0. The van der Waals surface area contributed by atoms with Crippen LogP contribution in [0.1, 0.15) is 24.2 Å². The van der Waals surface area contributed by atoms with E-state index in [2.05, 4.69) is 15.1 Å². The first kappa shape index (κ1) is 19.9. The molecule has 0 bridgehead atoms. The fraction of sp³-hybridized carbons (Fsp3) is 0.364. The molecule has 1 fully saturated rings. The molecule has 0 aliphatic carbocycles. The van der Waals surface area contributed by atoms with Crippen molar-refractivity contribution in [3.8, 4) is 5.75 Å². The summed E-state index contributed by atoms with van der Waals surface area (Å²) in [6, 6.07) is 14.9. The first-order chi connectivity index (χ1) is 13.5. The molecule has 2 aromatic carbocycles. The van der Waals surface area contributed by atoms with Crippen LogP contribution in [0.3, 0.4) is 0 Å². The van der Waals surface area contributed by atoms with Gasteiger partial charge in [0.1, 0.15) is 5.75 Å². The Kier molecular flexibility index (Phi) is 6.31. The van der Waals surface area contributed by atoms with Gasteiger partial charge in [-0.15, -0.1) is 0 Å². The average Bonchev–Trinajstić information content (AvgIpc) is 2.73. The Hall–Kier alpha value is -2.86. The minimum atomic E-state index is -0.229. The maximum Gasteiger partial charge on any atom is 0.241 e. The van der Waals surface area contributed by atoms with Gasteiger partial charge in [-0.25, -0.2) is 0 Å². The second-order valence-electron chi connectivity index (χ2n) is 6.99. The molecular weight excluding hydrogens is 354 g/mol. The molecule has 0 spiro atoms. The van der Waals surface area contributed by atoms with Crippen LogP contribution in [0.5, 0.6) is 5.75 Å². The zero-order chi connectivity index (χ0) is 20.1. The van der Waals surface area contributed by atoms with E-state index in [1.807, 2.05) is 55.5 Å². The van der Waals surface area contributed by atoms with E-state index in [0.717, 1.165) is 37.4 Å². The number of carbonyl (C=O) groups excluding carboxylic acids is 2.